The number of benzene rings is 1. The van der Waals surface area contributed by atoms with Crippen molar-refractivity contribution in [3.05, 3.63) is 52.8 Å². The second-order valence-corrected chi connectivity index (χ2v) is 8.93. The molecule has 3 atom stereocenters. The van der Waals surface area contributed by atoms with Gasteiger partial charge in [0.2, 0.25) is 0 Å². The second-order valence-electron chi connectivity index (χ2n) is 8.93. The van der Waals surface area contributed by atoms with Crippen LogP contribution in [0.4, 0.5) is 0 Å². The lowest BCUT2D eigenvalue weighted by molar-refractivity contribution is 0.0570. The van der Waals surface area contributed by atoms with Crippen molar-refractivity contribution in [2.45, 2.75) is 71.5 Å². The number of rotatable bonds is 5. The predicted octanol–water partition coefficient (Wildman–Crippen LogP) is 3.68. The normalized spacial score (nSPS) is 26.4. The number of nitrogens with zero attached hydrogens (tertiary/aromatic N) is 3. The Labute approximate surface area is 167 Å². The van der Waals surface area contributed by atoms with Gasteiger partial charge in [0.05, 0.1) is 17.9 Å². The lowest BCUT2D eigenvalue weighted by Gasteiger charge is -2.36. The Hall–Kier alpha value is -2.14. The number of aromatic nitrogens is 2. The molecule has 1 amide bonds. The van der Waals surface area contributed by atoms with Crippen LogP contribution in [-0.2, 0) is 6.42 Å². The van der Waals surface area contributed by atoms with E-state index in [1.807, 2.05) is 36.7 Å². The van der Waals surface area contributed by atoms with E-state index in [-0.39, 0.29) is 36.1 Å². The summed E-state index contributed by atoms with van der Waals surface area (Å²) < 4.78 is 1.95. The molecule has 2 bridgehead atoms. The molecule has 0 saturated carbocycles. The van der Waals surface area contributed by atoms with Gasteiger partial charge in [-0.3, -0.25) is 9.48 Å². The lowest BCUT2D eigenvalue weighted by atomic mass is 9.70. The van der Waals surface area contributed by atoms with Crippen LogP contribution < -0.4 is 0 Å². The highest BCUT2D eigenvalue weighted by Crippen LogP contribution is 2.52. The van der Waals surface area contributed by atoms with Crippen molar-refractivity contribution >= 4 is 5.91 Å². The Morgan fingerprint density at radius 1 is 1.25 bits per heavy atom. The van der Waals surface area contributed by atoms with E-state index >= 15 is 0 Å². The molecule has 5 heteroatoms. The van der Waals surface area contributed by atoms with Crippen molar-refractivity contribution in [3.63, 3.8) is 0 Å². The van der Waals surface area contributed by atoms with Crippen LogP contribution in [0.15, 0.2) is 30.3 Å². The van der Waals surface area contributed by atoms with Gasteiger partial charge in [0.15, 0.2) is 0 Å². The monoisotopic (exact) mass is 381 g/mol. The largest absolute Gasteiger partial charge is 0.396 e. The molecule has 2 fully saturated rings. The summed E-state index contributed by atoms with van der Waals surface area (Å²) in [7, 11) is 0. The third-order valence-corrected chi connectivity index (χ3v) is 6.83. The summed E-state index contributed by atoms with van der Waals surface area (Å²) in [6, 6.07) is 10.9. The molecule has 2 aliphatic rings. The molecule has 3 heterocycles. The van der Waals surface area contributed by atoms with Crippen LogP contribution in [-0.4, -0.2) is 44.4 Å². The topological polar surface area (TPSA) is 58.4 Å². The van der Waals surface area contributed by atoms with Crippen LogP contribution in [0.5, 0.6) is 0 Å². The highest BCUT2D eigenvalue weighted by atomic mass is 16.3. The zero-order valence-corrected chi connectivity index (χ0v) is 17.4. The predicted molar refractivity (Wildman–Crippen MR) is 109 cm³/mol. The molecule has 2 saturated heterocycles. The standard InChI is InChI=1S/C23H31N3O2/c1-15(2)26-17(4)21(16(3)24-26)22(28)25-19-10-11-20(25)23(13-19,14-27)12-18-8-6-5-7-9-18/h5-9,15,19-20,27H,10-14H2,1-4H3/t19-,20+,23-/m0/s1. The van der Waals surface area contributed by atoms with E-state index in [9.17, 15) is 9.90 Å². The summed E-state index contributed by atoms with van der Waals surface area (Å²) in [5.74, 6) is 0.0952. The minimum Gasteiger partial charge on any atom is -0.396 e. The molecular weight excluding hydrogens is 350 g/mol. The maximum atomic E-state index is 13.6. The van der Waals surface area contributed by atoms with Crippen LogP contribution in [0.2, 0.25) is 0 Å². The number of fused-ring (bicyclic) bond motifs is 2. The van der Waals surface area contributed by atoms with Gasteiger partial charge in [-0.15, -0.1) is 0 Å². The Kier molecular flexibility index (Phi) is 4.82. The van der Waals surface area contributed by atoms with Crippen molar-refractivity contribution in [2.24, 2.45) is 5.41 Å². The molecule has 2 aromatic rings. The second kappa shape index (κ2) is 7.03. The van der Waals surface area contributed by atoms with E-state index in [1.54, 1.807) is 0 Å². The molecule has 2 aliphatic heterocycles. The summed E-state index contributed by atoms with van der Waals surface area (Å²) in [5, 5.41) is 15.0. The van der Waals surface area contributed by atoms with E-state index in [1.165, 1.54) is 5.56 Å². The molecule has 5 nitrogen and oxygen atoms in total. The van der Waals surface area contributed by atoms with Gasteiger partial charge in [0.25, 0.3) is 5.91 Å². The van der Waals surface area contributed by atoms with Gasteiger partial charge in [0.1, 0.15) is 0 Å². The van der Waals surface area contributed by atoms with E-state index in [2.05, 4.69) is 36.0 Å². The number of aliphatic hydroxyl groups is 1. The van der Waals surface area contributed by atoms with E-state index in [0.29, 0.717) is 0 Å². The van der Waals surface area contributed by atoms with Crippen molar-refractivity contribution in [2.75, 3.05) is 6.61 Å². The zero-order chi connectivity index (χ0) is 20.1. The SMILES string of the molecule is Cc1nn(C(C)C)c(C)c1C(=O)N1[C@H]2CC[C@@H]1[C@@](CO)(Cc1ccccc1)C2. The molecule has 1 N–H and O–H groups in total. The molecule has 150 valence electrons. The number of aryl methyl sites for hydroxylation is 1. The van der Waals surface area contributed by atoms with E-state index in [0.717, 1.165) is 42.6 Å². The maximum absolute atomic E-state index is 13.6. The van der Waals surface area contributed by atoms with E-state index in [4.69, 9.17) is 0 Å². The molecule has 1 aromatic carbocycles. The fraction of sp³-hybridized carbons (Fsp3) is 0.565. The van der Waals surface area contributed by atoms with Gasteiger partial charge in [-0.2, -0.15) is 5.10 Å². The van der Waals surface area contributed by atoms with Gasteiger partial charge in [-0.25, -0.2) is 0 Å². The number of hydrogen-bond acceptors (Lipinski definition) is 3. The first-order valence-corrected chi connectivity index (χ1v) is 10.4. The number of carbonyl (C=O) groups is 1. The van der Waals surface area contributed by atoms with Crippen LogP contribution >= 0.6 is 0 Å². The van der Waals surface area contributed by atoms with Gasteiger partial charge >= 0.3 is 0 Å². The zero-order valence-electron chi connectivity index (χ0n) is 17.4. The maximum Gasteiger partial charge on any atom is 0.258 e. The summed E-state index contributed by atoms with van der Waals surface area (Å²) in [5.41, 5.74) is 3.49. The Bertz CT molecular complexity index is 873. The third-order valence-electron chi connectivity index (χ3n) is 6.83. The lowest BCUT2D eigenvalue weighted by Crippen LogP contribution is -2.44. The van der Waals surface area contributed by atoms with Crippen LogP contribution in [0.25, 0.3) is 0 Å². The van der Waals surface area contributed by atoms with E-state index < -0.39 is 0 Å². The Morgan fingerprint density at radius 2 is 1.96 bits per heavy atom. The smallest absolute Gasteiger partial charge is 0.258 e. The fourth-order valence-corrected chi connectivity index (χ4v) is 5.62. The van der Waals surface area contributed by atoms with Gasteiger partial charge in [-0.05, 0) is 58.9 Å². The molecule has 0 unspecified atom stereocenters. The summed E-state index contributed by atoms with van der Waals surface area (Å²) in [6.07, 6.45) is 3.70. The average Bonchev–Trinajstić information content (AvgIpc) is 3.32. The first-order valence-electron chi connectivity index (χ1n) is 10.4. The van der Waals surface area contributed by atoms with Crippen molar-refractivity contribution in [1.82, 2.24) is 14.7 Å². The highest BCUT2D eigenvalue weighted by molar-refractivity contribution is 5.97. The molecular formula is C23H31N3O2. The first kappa shape index (κ1) is 19.2. The molecule has 4 rings (SSSR count). The molecule has 0 spiro atoms. The molecule has 0 aliphatic carbocycles. The van der Waals surface area contributed by atoms with Crippen LogP contribution in [0.3, 0.4) is 0 Å². The number of aliphatic hydroxyl groups excluding tert-OH is 1. The van der Waals surface area contributed by atoms with Crippen molar-refractivity contribution in [1.29, 1.82) is 0 Å². The number of amides is 1. The molecule has 1 aromatic heterocycles. The Balaban J connectivity index is 1.66. The van der Waals surface area contributed by atoms with Crippen molar-refractivity contribution in [3.8, 4) is 0 Å². The summed E-state index contributed by atoms with van der Waals surface area (Å²) in [6.45, 7) is 8.22. The van der Waals surface area contributed by atoms with Crippen LogP contribution in [0, 0.1) is 19.3 Å². The third kappa shape index (κ3) is 2.87. The summed E-state index contributed by atoms with van der Waals surface area (Å²) in [4.78, 5) is 15.7. The van der Waals surface area contributed by atoms with Gasteiger partial charge in [0, 0.05) is 29.2 Å². The quantitative estimate of drug-likeness (QED) is 0.859. The minimum absolute atomic E-state index is 0.0939. The highest BCUT2D eigenvalue weighted by Gasteiger charge is 2.57. The van der Waals surface area contributed by atoms with Gasteiger partial charge < -0.3 is 10.0 Å². The van der Waals surface area contributed by atoms with Crippen LogP contribution in [0.1, 0.15) is 66.5 Å². The minimum atomic E-state index is -0.240. The number of hydrogen-bond donors (Lipinski definition) is 1. The summed E-state index contributed by atoms with van der Waals surface area (Å²) >= 11 is 0. The van der Waals surface area contributed by atoms with Crippen molar-refractivity contribution < 1.29 is 9.90 Å². The molecule has 0 radical (unpaired) electrons. The Morgan fingerprint density at radius 3 is 2.57 bits per heavy atom. The fourth-order valence-electron chi connectivity index (χ4n) is 5.62. The first-order chi connectivity index (χ1) is 13.4. The molecule has 28 heavy (non-hydrogen) atoms. The van der Waals surface area contributed by atoms with Gasteiger partial charge in [-0.1, -0.05) is 30.3 Å². The number of carbonyl (C=O) groups excluding carboxylic acids is 1. The average molecular weight is 382 g/mol.